The Balaban J connectivity index is 2.03. The molecule has 0 spiro atoms. The number of ketones is 2. The van der Waals surface area contributed by atoms with Gasteiger partial charge in [-0.15, -0.1) is 0 Å². The molecule has 1 aliphatic carbocycles. The fourth-order valence-electron chi connectivity index (χ4n) is 2.97. The molecular weight excluding hydrogens is 308 g/mol. The summed E-state index contributed by atoms with van der Waals surface area (Å²) in [6, 6.07) is 11.6. The maximum atomic E-state index is 12.7. The lowest BCUT2D eigenvalue weighted by Gasteiger charge is -2.13. The van der Waals surface area contributed by atoms with Crippen LogP contribution in [0, 0.1) is 6.92 Å². The van der Waals surface area contributed by atoms with Gasteiger partial charge >= 0.3 is 0 Å². The van der Waals surface area contributed by atoms with Crippen molar-refractivity contribution in [1.29, 1.82) is 0 Å². The molecule has 1 aromatic carbocycles. The van der Waals surface area contributed by atoms with Crippen molar-refractivity contribution in [3.05, 3.63) is 70.5 Å². The molecule has 0 radical (unpaired) electrons. The van der Waals surface area contributed by atoms with Crippen molar-refractivity contribution in [2.75, 3.05) is 0 Å². The van der Waals surface area contributed by atoms with E-state index in [0.29, 0.717) is 11.4 Å². The molecule has 0 bridgehead atoms. The van der Waals surface area contributed by atoms with Crippen LogP contribution in [0.25, 0.3) is 5.69 Å². The van der Waals surface area contributed by atoms with Crippen molar-refractivity contribution >= 4 is 11.6 Å². The van der Waals surface area contributed by atoms with Crippen LogP contribution < -0.4 is 0 Å². The maximum Gasteiger partial charge on any atom is 0.218 e. The van der Waals surface area contributed by atoms with Crippen LogP contribution in [0.4, 0.5) is 0 Å². The number of pyridine rings is 1. The summed E-state index contributed by atoms with van der Waals surface area (Å²) < 4.78 is 1.08. The largest absolute Gasteiger partial charge is 0.494 e. The van der Waals surface area contributed by atoms with E-state index >= 15 is 0 Å². The molecule has 4 rings (SSSR count). The monoisotopic (exact) mass is 320 g/mol. The van der Waals surface area contributed by atoms with Crippen LogP contribution in [0.15, 0.2) is 42.5 Å². The highest BCUT2D eigenvalue weighted by molar-refractivity contribution is 6.29. The normalized spacial score (nSPS) is 12.9. The third kappa shape index (κ3) is 1.73. The van der Waals surface area contributed by atoms with Gasteiger partial charge in [-0.2, -0.15) is 0 Å². The number of carbonyl (C=O) groups excluding carboxylic acids is 2. The van der Waals surface area contributed by atoms with Crippen LogP contribution in [-0.2, 0) is 0 Å². The Morgan fingerprint density at radius 3 is 2.17 bits per heavy atom. The van der Waals surface area contributed by atoms with Crippen molar-refractivity contribution in [1.82, 2.24) is 9.55 Å². The third-order valence-electron chi connectivity index (χ3n) is 4.08. The first-order valence-corrected chi connectivity index (χ1v) is 7.29. The first kappa shape index (κ1) is 14.2. The zero-order valence-corrected chi connectivity index (χ0v) is 12.6. The van der Waals surface area contributed by atoms with E-state index in [0.717, 1.165) is 4.57 Å². The molecule has 0 saturated heterocycles. The van der Waals surface area contributed by atoms with Crippen LogP contribution in [0.3, 0.4) is 0 Å². The molecule has 0 aliphatic heterocycles. The van der Waals surface area contributed by atoms with Gasteiger partial charge in [-0.05, 0) is 31.2 Å². The number of aromatic hydroxyl groups is 2. The second-order valence-corrected chi connectivity index (χ2v) is 5.58. The summed E-state index contributed by atoms with van der Waals surface area (Å²) in [4.78, 5) is 29.6. The predicted molar refractivity (Wildman–Crippen MR) is 84.9 cm³/mol. The summed E-state index contributed by atoms with van der Waals surface area (Å²) in [5, 5.41) is 21.0. The Kier molecular flexibility index (Phi) is 2.83. The maximum absolute atomic E-state index is 12.7. The predicted octanol–water partition coefficient (Wildman–Crippen LogP) is 2.37. The SMILES string of the molecule is Cc1ccc2c(n1)C(=O)c1c(c(O)n(-c3ccccc3)c1O)C2=O. The molecule has 6 heteroatoms. The number of benzene rings is 1. The van der Waals surface area contributed by atoms with Gasteiger partial charge in [0.15, 0.2) is 0 Å². The fourth-order valence-corrected chi connectivity index (χ4v) is 2.97. The second-order valence-electron chi connectivity index (χ2n) is 5.58. The van der Waals surface area contributed by atoms with Crippen LogP contribution in [0.2, 0.25) is 0 Å². The van der Waals surface area contributed by atoms with E-state index in [1.54, 1.807) is 43.3 Å². The Morgan fingerprint density at radius 2 is 1.50 bits per heavy atom. The van der Waals surface area contributed by atoms with Crippen molar-refractivity contribution in [2.24, 2.45) is 0 Å². The average Bonchev–Trinajstić information content (AvgIpc) is 2.84. The van der Waals surface area contributed by atoms with E-state index in [1.165, 1.54) is 6.07 Å². The highest BCUT2D eigenvalue weighted by Gasteiger charge is 2.39. The van der Waals surface area contributed by atoms with E-state index in [9.17, 15) is 19.8 Å². The van der Waals surface area contributed by atoms with E-state index in [1.807, 2.05) is 0 Å². The first-order valence-electron chi connectivity index (χ1n) is 7.29. The zero-order valence-electron chi connectivity index (χ0n) is 12.6. The molecule has 2 heterocycles. The number of para-hydroxylation sites is 1. The van der Waals surface area contributed by atoms with Crippen LogP contribution >= 0.6 is 0 Å². The minimum absolute atomic E-state index is 0.00647. The fraction of sp³-hybridized carbons (Fsp3) is 0.0556. The lowest BCUT2D eigenvalue weighted by atomic mass is 9.89. The molecule has 0 saturated carbocycles. The van der Waals surface area contributed by atoms with Gasteiger partial charge in [0.2, 0.25) is 23.3 Å². The van der Waals surface area contributed by atoms with Gasteiger partial charge in [-0.1, -0.05) is 18.2 Å². The number of nitrogens with zero attached hydrogens (tertiary/aromatic N) is 2. The molecule has 118 valence electrons. The molecule has 3 aromatic rings. The molecular formula is C18H12N2O4. The van der Waals surface area contributed by atoms with Crippen molar-refractivity contribution in [3.8, 4) is 17.4 Å². The lowest BCUT2D eigenvalue weighted by molar-refractivity contribution is 0.0972. The summed E-state index contributed by atoms with van der Waals surface area (Å²) in [6.45, 7) is 1.71. The molecule has 6 nitrogen and oxygen atoms in total. The van der Waals surface area contributed by atoms with Gasteiger partial charge < -0.3 is 10.2 Å². The van der Waals surface area contributed by atoms with Crippen molar-refractivity contribution in [2.45, 2.75) is 6.92 Å². The van der Waals surface area contributed by atoms with Gasteiger partial charge in [-0.3, -0.25) is 14.2 Å². The number of carbonyl (C=O) groups is 2. The molecule has 0 fully saturated rings. The van der Waals surface area contributed by atoms with Gasteiger partial charge in [0.05, 0.1) is 16.8 Å². The first-order chi connectivity index (χ1) is 11.5. The van der Waals surface area contributed by atoms with Crippen LogP contribution in [-0.4, -0.2) is 31.3 Å². The molecule has 2 N–H and O–H groups in total. The van der Waals surface area contributed by atoms with E-state index < -0.39 is 23.3 Å². The van der Waals surface area contributed by atoms with Crippen LogP contribution in [0.5, 0.6) is 11.8 Å². The quantitative estimate of drug-likeness (QED) is 0.562. The van der Waals surface area contributed by atoms with Crippen molar-refractivity contribution < 1.29 is 19.8 Å². The Labute approximate surface area is 136 Å². The highest BCUT2D eigenvalue weighted by Crippen LogP contribution is 2.42. The van der Waals surface area contributed by atoms with Crippen LogP contribution in [0.1, 0.15) is 37.7 Å². The van der Waals surface area contributed by atoms with Crippen molar-refractivity contribution in [3.63, 3.8) is 0 Å². The summed E-state index contributed by atoms with van der Waals surface area (Å²) in [6.07, 6.45) is 0. The molecule has 0 amide bonds. The molecule has 0 unspecified atom stereocenters. The summed E-state index contributed by atoms with van der Waals surface area (Å²) in [5.74, 6) is -2.04. The average molecular weight is 320 g/mol. The molecule has 2 aromatic heterocycles. The highest BCUT2D eigenvalue weighted by atomic mass is 16.3. The van der Waals surface area contributed by atoms with E-state index in [-0.39, 0.29) is 22.4 Å². The Morgan fingerprint density at radius 1 is 0.875 bits per heavy atom. The van der Waals surface area contributed by atoms with E-state index in [2.05, 4.69) is 4.98 Å². The number of hydrogen-bond donors (Lipinski definition) is 2. The Hall–Kier alpha value is -3.41. The third-order valence-corrected chi connectivity index (χ3v) is 4.08. The zero-order chi connectivity index (χ0) is 17.0. The standard InChI is InChI=1S/C18H12N2O4/c1-9-7-8-11-14(19-9)16(22)13-12(15(11)21)17(23)20(18(13)24)10-5-3-2-4-6-10/h2-8,23-24H,1H3. The number of aromatic nitrogens is 2. The molecule has 1 aliphatic rings. The minimum atomic E-state index is -0.578. The van der Waals surface area contributed by atoms with E-state index in [4.69, 9.17) is 0 Å². The number of aryl methyl sites for hydroxylation is 1. The van der Waals surface area contributed by atoms with Gasteiger partial charge in [0.1, 0.15) is 11.3 Å². The number of fused-ring (bicyclic) bond motifs is 2. The second kappa shape index (κ2) is 4.79. The lowest BCUT2D eigenvalue weighted by Crippen LogP contribution is -2.21. The summed E-state index contributed by atoms with van der Waals surface area (Å²) in [5.41, 5.74) is 0.735. The molecule has 24 heavy (non-hydrogen) atoms. The van der Waals surface area contributed by atoms with Gasteiger partial charge in [0.25, 0.3) is 0 Å². The summed E-state index contributed by atoms with van der Waals surface area (Å²) in [7, 11) is 0. The topological polar surface area (TPSA) is 92.4 Å². The molecule has 0 atom stereocenters. The number of rotatable bonds is 1. The number of hydrogen-bond acceptors (Lipinski definition) is 5. The Bertz CT molecular complexity index is 1020. The smallest absolute Gasteiger partial charge is 0.218 e. The summed E-state index contributed by atoms with van der Waals surface area (Å²) >= 11 is 0. The van der Waals surface area contributed by atoms with Gasteiger partial charge in [0, 0.05) is 5.69 Å². The minimum Gasteiger partial charge on any atom is -0.494 e. The van der Waals surface area contributed by atoms with Gasteiger partial charge in [-0.25, -0.2) is 4.98 Å².